The molecule has 0 unspecified atom stereocenters. The molecular formula is C26H28N4O5S. The Morgan fingerprint density at radius 3 is 2.56 bits per heavy atom. The second-order valence-corrected chi connectivity index (χ2v) is 10.9. The third-order valence-electron chi connectivity index (χ3n) is 6.56. The lowest BCUT2D eigenvalue weighted by Gasteiger charge is -2.21. The van der Waals surface area contributed by atoms with Crippen molar-refractivity contribution in [2.45, 2.75) is 43.9 Å². The van der Waals surface area contributed by atoms with Gasteiger partial charge in [0.05, 0.1) is 17.0 Å². The fourth-order valence-corrected chi connectivity index (χ4v) is 5.41. The van der Waals surface area contributed by atoms with Crippen LogP contribution in [0.2, 0.25) is 0 Å². The van der Waals surface area contributed by atoms with Crippen LogP contribution >= 0.6 is 0 Å². The second kappa shape index (κ2) is 9.79. The van der Waals surface area contributed by atoms with Gasteiger partial charge in [0.1, 0.15) is 5.75 Å². The van der Waals surface area contributed by atoms with E-state index in [4.69, 9.17) is 15.3 Å². The molecule has 1 amide bonds. The van der Waals surface area contributed by atoms with Gasteiger partial charge in [-0.1, -0.05) is 37.0 Å². The molecule has 0 atom stereocenters. The molecule has 188 valence electrons. The Morgan fingerprint density at radius 1 is 1.08 bits per heavy atom. The lowest BCUT2D eigenvalue weighted by atomic mass is 9.90. The lowest BCUT2D eigenvalue weighted by molar-refractivity contribution is 0.0995. The number of amides is 1. The van der Waals surface area contributed by atoms with Crippen LogP contribution in [0.15, 0.2) is 53.4 Å². The molecule has 0 aliphatic heterocycles. The first-order valence-electron chi connectivity index (χ1n) is 11.9. The summed E-state index contributed by atoms with van der Waals surface area (Å²) in [7, 11) is -3.99. The summed E-state index contributed by atoms with van der Waals surface area (Å²) in [6.07, 6.45) is 5.84. The predicted octanol–water partition coefficient (Wildman–Crippen LogP) is 4.35. The maximum Gasteiger partial charge on any atom is 0.271 e. The van der Waals surface area contributed by atoms with Gasteiger partial charge in [-0.15, -0.1) is 0 Å². The first kappa shape index (κ1) is 24.1. The van der Waals surface area contributed by atoms with E-state index in [0.717, 1.165) is 18.4 Å². The Bertz CT molecular complexity index is 1520. The number of benzene rings is 2. The number of rotatable bonds is 8. The maximum atomic E-state index is 12.9. The molecule has 4 N–H and O–H groups in total. The zero-order valence-electron chi connectivity index (χ0n) is 19.9. The molecule has 1 fully saturated rings. The fraction of sp³-hybridized carbons (Fsp3) is 0.308. The zero-order chi connectivity index (χ0) is 25.3. The number of H-pyrrole nitrogens is 1. The summed E-state index contributed by atoms with van der Waals surface area (Å²) in [5.74, 6) is 0.411. The number of nitrogens with zero attached hydrogens (tertiary/aromatic N) is 1. The van der Waals surface area contributed by atoms with Crippen molar-refractivity contribution in [1.29, 1.82) is 0 Å². The third kappa shape index (κ3) is 5.00. The summed E-state index contributed by atoms with van der Waals surface area (Å²) < 4.78 is 31.8. The Labute approximate surface area is 209 Å². The van der Waals surface area contributed by atoms with Crippen LogP contribution in [0.4, 0.5) is 0 Å². The van der Waals surface area contributed by atoms with Crippen LogP contribution in [0.5, 0.6) is 11.6 Å². The van der Waals surface area contributed by atoms with Crippen molar-refractivity contribution >= 4 is 37.7 Å². The number of nitrogens with two attached hydrogens (primary N) is 1. The number of hydrogen-bond acceptors (Lipinski definition) is 6. The van der Waals surface area contributed by atoms with Crippen molar-refractivity contribution in [3.63, 3.8) is 0 Å². The van der Waals surface area contributed by atoms with Crippen LogP contribution in [-0.4, -0.2) is 30.9 Å². The normalized spacial score (nSPS) is 14.8. The Hall–Kier alpha value is -3.63. The summed E-state index contributed by atoms with van der Waals surface area (Å²) in [4.78, 5) is 27.1. The number of pyridine rings is 1. The molecule has 0 saturated heterocycles. The van der Waals surface area contributed by atoms with Gasteiger partial charge in [0, 0.05) is 22.4 Å². The monoisotopic (exact) mass is 508 g/mol. The number of aryl methyl sites for hydroxylation is 1. The topological polar surface area (TPSA) is 136 Å². The van der Waals surface area contributed by atoms with E-state index < -0.39 is 15.9 Å². The summed E-state index contributed by atoms with van der Waals surface area (Å²) in [6, 6.07) is 13.3. The van der Waals surface area contributed by atoms with Crippen LogP contribution < -0.4 is 20.2 Å². The molecule has 1 aliphatic carbocycles. The first-order chi connectivity index (χ1) is 17.3. The number of carbonyl (C=O) groups is 1. The lowest BCUT2D eigenvalue weighted by Crippen LogP contribution is -2.27. The number of carbonyl (C=O) groups excluding carboxylic acids is 1. The molecule has 1 aliphatic rings. The highest BCUT2D eigenvalue weighted by Crippen LogP contribution is 2.32. The van der Waals surface area contributed by atoms with Gasteiger partial charge in [-0.05, 0) is 60.9 Å². The van der Waals surface area contributed by atoms with Crippen LogP contribution in [0.25, 0.3) is 21.8 Å². The predicted molar refractivity (Wildman–Crippen MR) is 136 cm³/mol. The van der Waals surface area contributed by atoms with Gasteiger partial charge in [-0.2, -0.15) is 0 Å². The molecule has 4 aromatic rings. The number of ether oxygens (including phenoxy) is 1. The first-order valence-corrected chi connectivity index (χ1v) is 13.4. The summed E-state index contributed by atoms with van der Waals surface area (Å²) in [6.45, 7) is 2.44. The van der Waals surface area contributed by atoms with E-state index in [1.54, 1.807) is 24.3 Å². The molecule has 2 heterocycles. The SMILES string of the molecule is Cc1ccc(ONS(=O)(=O)c2ccc3[nH]c4c(C(N)=O)nc(OCC5CCCCC5)cc4c3c2)cc1. The van der Waals surface area contributed by atoms with E-state index in [-0.39, 0.29) is 16.5 Å². The molecule has 36 heavy (non-hydrogen) atoms. The van der Waals surface area contributed by atoms with Gasteiger partial charge in [0.2, 0.25) is 5.88 Å². The number of fused-ring (bicyclic) bond motifs is 3. The molecule has 2 aromatic heterocycles. The van der Waals surface area contributed by atoms with Crippen LogP contribution in [-0.2, 0) is 10.0 Å². The van der Waals surface area contributed by atoms with Gasteiger partial charge in [0.15, 0.2) is 5.69 Å². The van der Waals surface area contributed by atoms with Crippen molar-refractivity contribution in [3.8, 4) is 11.6 Å². The number of aromatic amines is 1. The Kier molecular flexibility index (Phi) is 6.55. The Morgan fingerprint density at radius 2 is 1.83 bits per heavy atom. The largest absolute Gasteiger partial charge is 0.477 e. The molecule has 0 spiro atoms. The van der Waals surface area contributed by atoms with Gasteiger partial charge in [-0.3, -0.25) is 4.79 Å². The highest BCUT2D eigenvalue weighted by molar-refractivity contribution is 7.89. The van der Waals surface area contributed by atoms with Crippen LogP contribution in [0, 0.1) is 12.8 Å². The quantitative estimate of drug-likeness (QED) is 0.303. The zero-order valence-corrected chi connectivity index (χ0v) is 20.7. The summed E-state index contributed by atoms with van der Waals surface area (Å²) in [5, 5.41) is 1.19. The smallest absolute Gasteiger partial charge is 0.271 e. The highest BCUT2D eigenvalue weighted by atomic mass is 32.2. The van der Waals surface area contributed by atoms with E-state index >= 15 is 0 Å². The standard InChI is InChI=1S/C26H28N4O5S/c1-16-7-9-18(10-8-16)35-30-36(32,33)19-11-12-22-20(13-19)21-14-23(29-25(26(27)31)24(21)28-22)34-15-17-5-3-2-4-6-17/h7-14,17,28,30H,2-6,15H2,1H3,(H2,27,31). The minimum Gasteiger partial charge on any atom is -0.477 e. The second-order valence-electron chi connectivity index (χ2n) is 9.25. The number of sulfonamides is 1. The van der Waals surface area contributed by atoms with E-state index in [0.29, 0.717) is 40.1 Å². The number of nitrogens with one attached hydrogen (secondary N) is 2. The van der Waals surface area contributed by atoms with E-state index in [9.17, 15) is 13.2 Å². The molecular weight excluding hydrogens is 480 g/mol. The van der Waals surface area contributed by atoms with Crippen LogP contribution in [0.3, 0.4) is 0 Å². The number of primary amides is 1. The van der Waals surface area contributed by atoms with Crippen molar-refractivity contribution in [2.75, 3.05) is 6.61 Å². The molecule has 5 rings (SSSR count). The minimum absolute atomic E-state index is 0.00474. The minimum atomic E-state index is -3.99. The molecule has 9 nitrogen and oxygen atoms in total. The highest BCUT2D eigenvalue weighted by Gasteiger charge is 2.21. The Balaban J connectivity index is 1.47. The summed E-state index contributed by atoms with van der Waals surface area (Å²) in [5.41, 5.74) is 7.76. The van der Waals surface area contributed by atoms with Crippen LogP contribution in [0.1, 0.15) is 48.2 Å². The average Bonchev–Trinajstić information content (AvgIpc) is 3.25. The van der Waals surface area contributed by atoms with E-state index in [2.05, 4.69) is 14.9 Å². The van der Waals surface area contributed by atoms with Crippen molar-refractivity contribution in [2.24, 2.45) is 11.7 Å². The molecule has 10 heteroatoms. The maximum absolute atomic E-state index is 12.9. The summed E-state index contributed by atoms with van der Waals surface area (Å²) >= 11 is 0. The molecule has 0 bridgehead atoms. The van der Waals surface area contributed by atoms with Gasteiger partial charge in [0.25, 0.3) is 15.9 Å². The average molecular weight is 509 g/mol. The van der Waals surface area contributed by atoms with E-state index in [1.165, 1.54) is 31.4 Å². The van der Waals surface area contributed by atoms with Crippen molar-refractivity contribution in [3.05, 3.63) is 59.8 Å². The van der Waals surface area contributed by atoms with Crippen molar-refractivity contribution < 1.29 is 22.8 Å². The third-order valence-corrected chi connectivity index (χ3v) is 7.74. The van der Waals surface area contributed by atoms with Crippen molar-refractivity contribution in [1.82, 2.24) is 14.9 Å². The van der Waals surface area contributed by atoms with Gasteiger partial charge < -0.3 is 20.3 Å². The van der Waals surface area contributed by atoms with Gasteiger partial charge >= 0.3 is 0 Å². The fourth-order valence-electron chi connectivity index (χ4n) is 4.58. The number of hydrogen-bond donors (Lipinski definition) is 3. The molecule has 2 aromatic carbocycles. The van der Waals surface area contributed by atoms with E-state index in [1.807, 2.05) is 19.1 Å². The molecule has 1 saturated carbocycles. The number of aromatic nitrogens is 2. The van der Waals surface area contributed by atoms with Gasteiger partial charge in [-0.25, -0.2) is 13.4 Å². The molecule has 0 radical (unpaired) electrons.